The minimum Gasteiger partial charge on any atom is -0.382 e. The van der Waals surface area contributed by atoms with Crippen molar-refractivity contribution in [1.82, 2.24) is 9.97 Å². The minimum atomic E-state index is -5.38. The number of benzene rings is 1. The average molecular weight is 365 g/mol. The molecule has 0 fully saturated rings. The summed E-state index contributed by atoms with van der Waals surface area (Å²) in [5, 5.41) is 8.99. The molecule has 1 heterocycles. The van der Waals surface area contributed by atoms with Crippen LogP contribution in [0.1, 0.15) is 16.7 Å². The number of rotatable bonds is 1. The van der Waals surface area contributed by atoms with Gasteiger partial charge < -0.3 is 11.5 Å². The Morgan fingerprint density at radius 3 is 2.04 bits per heavy atom. The number of aromatic nitrogens is 2. The van der Waals surface area contributed by atoms with Gasteiger partial charge in [-0.05, 0) is 12.1 Å². The molecule has 0 aliphatic heterocycles. The third kappa shape index (κ3) is 3.39. The van der Waals surface area contributed by atoms with Crippen molar-refractivity contribution in [2.45, 2.75) is 12.4 Å². The molecule has 5 nitrogen and oxygen atoms in total. The molecule has 0 saturated carbocycles. The Morgan fingerprint density at radius 2 is 1.56 bits per heavy atom. The van der Waals surface area contributed by atoms with Gasteiger partial charge in [-0.1, -0.05) is 0 Å². The average Bonchev–Trinajstić information content (AvgIpc) is 2.43. The summed E-state index contributed by atoms with van der Waals surface area (Å²) >= 11 is 0. The van der Waals surface area contributed by atoms with Gasteiger partial charge in [0.25, 0.3) is 0 Å². The smallest absolute Gasteiger partial charge is 0.382 e. The van der Waals surface area contributed by atoms with E-state index in [1.165, 1.54) is 6.07 Å². The van der Waals surface area contributed by atoms with Gasteiger partial charge in [0.05, 0.1) is 16.8 Å². The summed E-state index contributed by atoms with van der Waals surface area (Å²) in [4.78, 5) is 6.69. The number of nitrogens with two attached hydrogens (primary N) is 2. The normalized spacial score (nSPS) is 12.1. The maximum atomic E-state index is 14.2. The molecule has 0 radical (unpaired) electrons. The number of anilines is 2. The van der Waals surface area contributed by atoms with E-state index in [2.05, 4.69) is 9.97 Å². The van der Waals surface area contributed by atoms with E-state index in [0.29, 0.717) is 0 Å². The Bertz CT molecular complexity index is 880. The van der Waals surface area contributed by atoms with Crippen molar-refractivity contribution < 1.29 is 30.7 Å². The molecule has 0 amide bonds. The van der Waals surface area contributed by atoms with Crippen molar-refractivity contribution in [3.8, 4) is 17.3 Å². The van der Waals surface area contributed by atoms with Gasteiger partial charge in [-0.3, -0.25) is 0 Å². The molecular formula is C13H6F7N5. The van der Waals surface area contributed by atoms with Gasteiger partial charge in [-0.25, -0.2) is 9.37 Å². The van der Waals surface area contributed by atoms with Gasteiger partial charge in [0.1, 0.15) is 23.3 Å². The van der Waals surface area contributed by atoms with Gasteiger partial charge in [-0.2, -0.15) is 36.6 Å². The van der Waals surface area contributed by atoms with Crippen molar-refractivity contribution in [3.63, 3.8) is 0 Å². The number of hydrogen-bond donors (Lipinski definition) is 2. The highest BCUT2D eigenvalue weighted by Gasteiger charge is 2.41. The number of nitriles is 1. The second-order valence-electron chi connectivity index (χ2n) is 4.68. The molecule has 0 bridgehead atoms. The first kappa shape index (κ1) is 18.2. The van der Waals surface area contributed by atoms with Crippen LogP contribution >= 0.6 is 0 Å². The first-order chi connectivity index (χ1) is 11.4. The van der Waals surface area contributed by atoms with E-state index in [4.69, 9.17) is 16.7 Å². The Kier molecular flexibility index (Phi) is 4.20. The van der Waals surface area contributed by atoms with Gasteiger partial charge in [-0.15, -0.1) is 0 Å². The molecule has 4 N–H and O–H groups in total. The molecule has 2 aromatic rings. The molecule has 0 spiro atoms. The maximum Gasteiger partial charge on any atom is 0.417 e. The van der Waals surface area contributed by atoms with Crippen LogP contribution in [0.25, 0.3) is 11.3 Å². The van der Waals surface area contributed by atoms with E-state index >= 15 is 0 Å². The summed E-state index contributed by atoms with van der Waals surface area (Å²) in [6.07, 6.45) is -10.6. The SMILES string of the molecule is N#Cc1c(N)nc(N)nc1-c1c(F)cc(C(F)(F)F)cc1C(F)(F)F. The van der Waals surface area contributed by atoms with Gasteiger partial charge in [0.2, 0.25) is 5.95 Å². The summed E-state index contributed by atoms with van der Waals surface area (Å²) in [6, 6.07) is 0.956. The van der Waals surface area contributed by atoms with Crippen LogP contribution in [-0.4, -0.2) is 9.97 Å². The van der Waals surface area contributed by atoms with Gasteiger partial charge in [0.15, 0.2) is 0 Å². The molecule has 12 heteroatoms. The van der Waals surface area contributed by atoms with E-state index in [-0.39, 0.29) is 12.1 Å². The van der Waals surface area contributed by atoms with Crippen molar-refractivity contribution in [3.05, 3.63) is 34.6 Å². The van der Waals surface area contributed by atoms with Crippen LogP contribution in [0.5, 0.6) is 0 Å². The molecular weight excluding hydrogens is 359 g/mol. The zero-order valence-corrected chi connectivity index (χ0v) is 11.8. The summed E-state index contributed by atoms with van der Waals surface area (Å²) < 4.78 is 91.8. The lowest BCUT2D eigenvalue weighted by Crippen LogP contribution is -2.15. The molecule has 132 valence electrons. The number of nitrogen functional groups attached to an aromatic ring is 2. The van der Waals surface area contributed by atoms with E-state index in [0.717, 1.165) is 0 Å². The molecule has 1 aromatic heterocycles. The summed E-state index contributed by atoms with van der Waals surface area (Å²) in [7, 11) is 0. The first-order valence-corrected chi connectivity index (χ1v) is 6.17. The standard InChI is InChI=1S/C13H6F7N5/c14-7-2-4(12(15,16)17)1-6(13(18,19)20)8(7)9-5(3-21)10(22)25-11(23)24-9/h1-2H,(H4,22,23,24,25). The molecule has 0 aliphatic carbocycles. The molecule has 0 unspecified atom stereocenters. The molecule has 1 aromatic carbocycles. The first-order valence-electron chi connectivity index (χ1n) is 6.17. The third-order valence-electron chi connectivity index (χ3n) is 3.03. The fourth-order valence-electron chi connectivity index (χ4n) is 2.02. The number of alkyl halides is 6. The quantitative estimate of drug-likeness (QED) is 0.755. The predicted molar refractivity (Wildman–Crippen MR) is 71.0 cm³/mol. The predicted octanol–water partition coefficient (Wildman–Crippen LogP) is 3.36. The van der Waals surface area contributed by atoms with Gasteiger partial charge >= 0.3 is 12.4 Å². The Balaban J connectivity index is 2.95. The topological polar surface area (TPSA) is 102 Å². The van der Waals surface area contributed by atoms with Gasteiger partial charge in [0, 0.05) is 5.56 Å². The minimum absolute atomic E-state index is 0.139. The summed E-state index contributed by atoms with van der Waals surface area (Å²) in [5.74, 6) is -3.22. The highest BCUT2D eigenvalue weighted by atomic mass is 19.4. The third-order valence-corrected chi connectivity index (χ3v) is 3.03. The molecule has 0 aliphatic rings. The second kappa shape index (κ2) is 5.76. The van der Waals surface area contributed by atoms with E-state index in [1.807, 2.05) is 0 Å². The Labute approximate surface area is 134 Å². The van der Waals surface area contributed by atoms with Crippen LogP contribution in [0.15, 0.2) is 12.1 Å². The maximum absolute atomic E-state index is 14.2. The highest BCUT2D eigenvalue weighted by Crippen LogP contribution is 2.43. The number of halogens is 7. The lowest BCUT2D eigenvalue weighted by Gasteiger charge is -2.17. The lowest BCUT2D eigenvalue weighted by molar-refractivity contribution is -0.143. The largest absolute Gasteiger partial charge is 0.417 e. The number of nitrogens with zero attached hydrogens (tertiary/aromatic N) is 3. The molecule has 2 rings (SSSR count). The molecule has 25 heavy (non-hydrogen) atoms. The van der Waals surface area contributed by atoms with Crippen molar-refractivity contribution in [2.24, 2.45) is 0 Å². The van der Waals surface area contributed by atoms with Crippen LogP contribution < -0.4 is 11.5 Å². The van der Waals surface area contributed by atoms with Crippen LogP contribution in [0.4, 0.5) is 42.5 Å². The Hall–Kier alpha value is -3.10. The van der Waals surface area contributed by atoms with Crippen LogP contribution in [0.2, 0.25) is 0 Å². The summed E-state index contributed by atoms with van der Waals surface area (Å²) in [5.41, 5.74) is 3.66. The van der Waals surface area contributed by atoms with Crippen LogP contribution in [0.3, 0.4) is 0 Å². The van der Waals surface area contributed by atoms with E-state index in [9.17, 15) is 30.7 Å². The highest BCUT2D eigenvalue weighted by molar-refractivity contribution is 5.76. The molecule has 0 atom stereocenters. The Morgan fingerprint density at radius 1 is 0.960 bits per heavy atom. The monoisotopic (exact) mass is 365 g/mol. The van der Waals surface area contributed by atoms with Crippen molar-refractivity contribution >= 4 is 11.8 Å². The second-order valence-corrected chi connectivity index (χ2v) is 4.68. The summed E-state index contributed by atoms with van der Waals surface area (Å²) in [6.45, 7) is 0. The van der Waals surface area contributed by atoms with Crippen LogP contribution in [0, 0.1) is 17.1 Å². The fraction of sp³-hybridized carbons (Fsp3) is 0.154. The number of hydrogen-bond acceptors (Lipinski definition) is 5. The van der Waals surface area contributed by atoms with Crippen molar-refractivity contribution in [1.29, 1.82) is 5.26 Å². The van der Waals surface area contributed by atoms with E-state index in [1.54, 1.807) is 0 Å². The van der Waals surface area contributed by atoms with Crippen LogP contribution in [-0.2, 0) is 12.4 Å². The molecule has 0 saturated heterocycles. The zero-order valence-electron chi connectivity index (χ0n) is 11.8. The van der Waals surface area contributed by atoms with Crippen molar-refractivity contribution in [2.75, 3.05) is 11.5 Å². The fourth-order valence-corrected chi connectivity index (χ4v) is 2.02. The zero-order chi connectivity index (χ0) is 19.2. The van der Waals surface area contributed by atoms with E-state index < -0.39 is 57.9 Å². The lowest BCUT2D eigenvalue weighted by atomic mass is 9.97.